The van der Waals surface area contributed by atoms with Crippen molar-refractivity contribution in [2.24, 2.45) is 11.6 Å². The van der Waals surface area contributed by atoms with Gasteiger partial charge in [-0.2, -0.15) is 0 Å². The molecule has 0 aliphatic carbocycles. The van der Waals surface area contributed by atoms with Crippen LogP contribution in [0.2, 0.25) is 0 Å². The molecule has 1 aromatic heterocycles. The molecule has 1 amide bonds. The Balaban J connectivity index is 3.14. The molecule has 0 spiro atoms. The van der Waals surface area contributed by atoms with Gasteiger partial charge in [-0.25, -0.2) is 15.8 Å². The van der Waals surface area contributed by atoms with Crippen LogP contribution in [0.3, 0.4) is 0 Å². The van der Waals surface area contributed by atoms with Gasteiger partial charge >= 0.3 is 0 Å². The summed E-state index contributed by atoms with van der Waals surface area (Å²) in [6.45, 7) is 5.86. The van der Waals surface area contributed by atoms with E-state index in [0.717, 1.165) is 5.56 Å². The minimum Gasteiger partial charge on any atom is -0.368 e. The number of carbonyl (C=O) groups is 1. The average Bonchev–Trinajstić information content (AvgIpc) is 2.26. The van der Waals surface area contributed by atoms with Crippen molar-refractivity contribution in [3.8, 4) is 0 Å². The third kappa shape index (κ3) is 3.04. The molecule has 0 saturated carbocycles. The van der Waals surface area contributed by atoms with Crippen molar-refractivity contribution in [1.82, 2.24) is 9.97 Å². The molecule has 7 heteroatoms. The van der Waals surface area contributed by atoms with Crippen LogP contribution in [-0.2, 0) is 4.79 Å². The van der Waals surface area contributed by atoms with Crippen LogP contribution in [0, 0.1) is 6.92 Å². The van der Waals surface area contributed by atoms with Gasteiger partial charge in [0, 0.05) is 11.6 Å². The van der Waals surface area contributed by atoms with Crippen LogP contribution in [-0.4, -0.2) is 28.5 Å². The number of nitrogens with zero attached hydrogens (tertiary/aromatic N) is 3. The summed E-state index contributed by atoms with van der Waals surface area (Å²) < 4.78 is 0. The molecule has 0 aliphatic rings. The summed E-state index contributed by atoms with van der Waals surface area (Å²) >= 11 is 0. The second kappa shape index (κ2) is 5.44. The van der Waals surface area contributed by atoms with Crippen molar-refractivity contribution < 1.29 is 4.79 Å². The molecular weight excluding hydrogens is 220 g/mol. The number of amides is 1. The highest BCUT2D eigenvalue weighted by molar-refractivity contribution is 5.80. The van der Waals surface area contributed by atoms with E-state index in [-0.39, 0.29) is 12.6 Å². The molecule has 17 heavy (non-hydrogen) atoms. The molecule has 1 aromatic rings. The Morgan fingerprint density at radius 2 is 2.18 bits per heavy atom. The minimum atomic E-state index is -0.404. The number of carbonyl (C=O) groups excluding carboxylic acids is 1. The molecule has 0 aliphatic heterocycles. The van der Waals surface area contributed by atoms with Crippen molar-refractivity contribution in [3.63, 3.8) is 0 Å². The van der Waals surface area contributed by atoms with E-state index in [4.69, 9.17) is 11.6 Å². The average molecular weight is 238 g/mol. The van der Waals surface area contributed by atoms with Gasteiger partial charge in [-0.15, -0.1) is 0 Å². The highest BCUT2D eigenvalue weighted by atomic mass is 16.1. The molecule has 5 N–H and O–H groups in total. The number of rotatable bonds is 5. The Morgan fingerprint density at radius 1 is 1.53 bits per heavy atom. The number of nitrogens with two attached hydrogens (primary N) is 2. The summed E-state index contributed by atoms with van der Waals surface area (Å²) in [4.78, 5) is 21.0. The lowest BCUT2D eigenvalue weighted by Crippen LogP contribution is -2.39. The molecule has 0 atom stereocenters. The molecule has 1 rings (SSSR count). The van der Waals surface area contributed by atoms with Gasteiger partial charge in [0.25, 0.3) is 0 Å². The zero-order valence-electron chi connectivity index (χ0n) is 10.3. The zero-order valence-corrected chi connectivity index (χ0v) is 10.3. The first-order valence-electron chi connectivity index (χ1n) is 5.30. The number of hydrogen-bond acceptors (Lipinski definition) is 6. The van der Waals surface area contributed by atoms with E-state index in [2.05, 4.69) is 15.4 Å². The maximum absolute atomic E-state index is 11.1. The summed E-state index contributed by atoms with van der Waals surface area (Å²) in [6, 6.07) is 0.0988. The number of primary amides is 1. The van der Waals surface area contributed by atoms with Crippen molar-refractivity contribution in [2.45, 2.75) is 26.8 Å². The fourth-order valence-electron chi connectivity index (χ4n) is 1.55. The predicted molar refractivity (Wildman–Crippen MR) is 66.3 cm³/mol. The molecule has 7 nitrogen and oxygen atoms in total. The fraction of sp³-hybridized carbons (Fsp3) is 0.500. The van der Waals surface area contributed by atoms with Crippen LogP contribution in [0.25, 0.3) is 0 Å². The van der Waals surface area contributed by atoms with Gasteiger partial charge in [-0.05, 0) is 20.8 Å². The van der Waals surface area contributed by atoms with Gasteiger partial charge in [0.15, 0.2) is 0 Å². The number of hydrazine groups is 1. The summed E-state index contributed by atoms with van der Waals surface area (Å²) in [6.07, 6.45) is 1.40. The van der Waals surface area contributed by atoms with Crippen LogP contribution >= 0.6 is 0 Å². The molecule has 0 unspecified atom stereocenters. The van der Waals surface area contributed by atoms with Crippen molar-refractivity contribution in [1.29, 1.82) is 0 Å². The van der Waals surface area contributed by atoms with Gasteiger partial charge < -0.3 is 16.1 Å². The van der Waals surface area contributed by atoms with Gasteiger partial charge in [0.2, 0.25) is 5.91 Å². The molecule has 0 bridgehead atoms. The van der Waals surface area contributed by atoms with E-state index < -0.39 is 5.91 Å². The predicted octanol–water partition coefficient (Wildman–Crippen LogP) is -0.229. The lowest BCUT2D eigenvalue weighted by Gasteiger charge is -2.28. The van der Waals surface area contributed by atoms with E-state index in [1.54, 1.807) is 4.90 Å². The van der Waals surface area contributed by atoms with E-state index in [0.29, 0.717) is 11.6 Å². The van der Waals surface area contributed by atoms with Gasteiger partial charge in [0.1, 0.15) is 18.0 Å². The van der Waals surface area contributed by atoms with Crippen molar-refractivity contribution in [2.75, 3.05) is 16.9 Å². The van der Waals surface area contributed by atoms with Gasteiger partial charge in [-0.1, -0.05) is 0 Å². The Morgan fingerprint density at radius 3 is 2.65 bits per heavy atom. The monoisotopic (exact) mass is 238 g/mol. The number of nitrogen functional groups attached to an aromatic ring is 1. The third-order valence-corrected chi connectivity index (χ3v) is 2.42. The van der Waals surface area contributed by atoms with Crippen LogP contribution in [0.15, 0.2) is 6.33 Å². The first-order chi connectivity index (χ1) is 7.97. The Hall–Kier alpha value is -1.89. The third-order valence-electron chi connectivity index (χ3n) is 2.42. The maximum Gasteiger partial charge on any atom is 0.237 e. The zero-order chi connectivity index (χ0) is 13.0. The number of aromatic nitrogens is 2. The second-order valence-corrected chi connectivity index (χ2v) is 4.00. The van der Waals surface area contributed by atoms with Crippen LogP contribution in [0.5, 0.6) is 0 Å². The summed E-state index contributed by atoms with van der Waals surface area (Å²) in [7, 11) is 0. The maximum atomic E-state index is 11.1. The van der Waals surface area contributed by atoms with Gasteiger partial charge in [-0.3, -0.25) is 4.79 Å². The van der Waals surface area contributed by atoms with E-state index in [1.807, 2.05) is 20.8 Å². The highest BCUT2D eigenvalue weighted by Crippen LogP contribution is 2.22. The van der Waals surface area contributed by atoms with Crippen LogP contribution in [0.4, 0.5) is 11.6 Å². The lowest BCUT2D eigenvalue weighted by atomic mass is 10.2. The molecule has 0 aromatic carbocycles. The van der Waals surface area contributed by atoms with Crippen LogP contribution < -0.4 is 21.9 Å². The summed E-state index contributed by atoms with van der Waals surface area (Å²) in [5, 5.41) is 0. The molecule has 94 valence electrons. The smallest absolute Gasteiger partial charge is 0.237 e. The largest absolute Gasteiger partial charge is 0.368 e. The second-order valence-electron chi connectivity index (χ2n) is 4.00. The van der Waals surface area contributed by atoms with Crippen molar-refractivity contribution >= 4 is 17.5 Å². The standard InChI is InChI=1S/C10H18N6O/c1-6(2)16(4-8(11)17)10-7(3)9(15-12)13-5-14-10/h5-6H,4,12H2,1-3H3,(H2,11,17)(H,13,14,15). The normalized spacial score (nSPS) is 10.4. The van der Waals surface area contributed by atoms with Gasteiger partial charge in [0.05, 0.1) is 6.54 Å². The molecular formula is C10H18N6O. The first-order valence-corrected chi connectivity index (χ1v) is 5.30. The Labute approximate surface area is 100 Å². The fourth-order valence-corrected chi connectivity index (χ4v) is 1.55. The number of nitrogens with one attached hydrogen (secondary N) is 1. The Bertz CT molecular complexity index is 406. The quantitative estimate of drug-likeness (QED) is 0.483. The highest BCUT2D eigenvalue weighted by Gasteiger charge is 2.18. The molecule has 0 fully saturated rings. The van der Waals surface area contributed by atoms with E-state index in [1.165, 1.54) is 6.33 Å². The van der Waals surface area contributed by atoms with Crippen LogP contribution in [0.1, 0.15) is 19.4 Å². The Kier molecular flexibility index (Phi) is 4.22. The number of anilines is 2. The number of hydrogen-bond donors (Lipinski definition) is 3. The van der Waals surface area contributed by atoms with Crippen molar-refractivity contribution in [3.05, 3.63) is 11.9 Å². The SMILES string of the molecule is Cc1c(NN)ncnc1N(CC(N)=O)C(C)C. The first kappa shape index (κ1) is 13.2. The lowest BCUT2D eigenvalue weighted by molar-refractivity contribution is -0.116. The van der Waals surface area contributed by atoms with E-state index >= 15 is 0 Å². The minimum absolute atomic E-state index is 0.0988. The molecule has 0 radical (unpaired) electrons. The summed E-state index contributed by atoms with van der Waals surface area (Å²) in [5.74, 6) is 6.13. The molecule has 1 heterocycles. The summed E-state index contributed by atoms with van der Waals surface area (Å²) in [5.41, 5.74) is 8.50. The molecule has 0 saturated heterocycles. The topological polar surface area (TPSA) is 110 Å². The van der Waals surface area contributed by atoms with E-state index in [9.17, 15) is 4.79 Å².